The van der Waals surface area contributed by atoms with Gasteiger partial charge in [0.25, 0.3) is 0 Å². The minimum atomic E-state index is -0.215. The zero-order chi connectivity index (χ0) is 17.4. The number of hydrogen-bond acceptors (Lipinski definition) is 3. The van der Waals surface area contributed by atoms with Gasteiger partial charge in [0.05, 0.1) is 12.5 Å². The molecule has 0 aliphatic heterocycles. The molecule has 24 heavy (non-hydrogen) atoms. The molecule has 0 spiro atoms. The van der Waals surface area contributed by atoms with Crippen molar-refractivity contribution in [1.29, 1.82) is 0 Å². The number of carbonyl (C=O) groups excluding carboxylic acids is 1. The van der Waals surface area contributed by atoms with Crippen molar-refractivity contribution in [1.82, 2.24) is 5.32 Å². The molecule has 1 aliphatic rings. The molecule has 0 bridgehead atoms. The second-order valence-corrected chi connectivity index (χ2v) is 7.14. The van der Waals surface area contributed by atoms with Gasteiger partial charge in [-0.3, -0.25) is 4.79 Å². The number of benzene rings is 1. The largest absolute Gasteiger partial charge is 0.380 e. The van der Waals surface area contributed by atoms with Crippen LogP contribution in [0.25, 0.3) is 0 Å². The van der Waals surface area contributed by atoms with Crippen LogP contribution in [0, 0.1) is 5.92 Å². The molecule has 2 unspecified atom stereocenters. The number of hydrogen-bond donors (Lipinski definition) is 2. The van der Waals surface area contributed by atoms with Crippen molar-refractivity contribution in [3.63, 3.8) is 0 Å². The summed E-state index contributed by atoms with van der Waals surface area (Å²) in [5.41, 5.74) is 6.83. The van der Waals surface area contributed by atoms with Crippen molar-refractivity contribution in [2.45, 2.75) is 57.1 Å². The van der Waals surface area contributed by atoms with E-state index in [0.717, 1.165) is 11.4 Å². The molecule has 1 saturated carbocycles. The number of halogens is 1. The Labute approximate surface area is 150 Å². The number of nitrogens with two attached hydrogens (primary N) is 1. The van der Waals surface area contributed by atoms with Crippen molar-refractivity contribution in [3.8, 4) is 0 Å². The van der Waals surface area contributed by atoms with Crippen LogP contribution in [0.1, 0.15) is 44.1 Å². The van der Waals surface area contributed by atoms with Crippen molar-refractivity contribution in [2.24, 2.45) is 11.7 Å². The standard InChI is InChI=1S/C19H29ClN2O2/c1-24-17(13-21)12-19(23)22-18(15-5-3-2-4-6-15)11-14-7-9-16(20)10-8-14/h7-10,15,17-18H,2-6,11-13,21H2,1H3,(H,22,23). The number of rotatable bonds is 8. The summed E-state index contributed by atoms with van der Waals surface area (Å²) in [6, 6.07) is 8.07. The van der Waals surface area contributed by atoms with Gasteiger partial charge in [0.15, 0.2) is 0 Å². The quantitative estimate of drug-likeness (QED) is 0.754. The minimum Gasteiger partial charge on any atom is -0.380 e. The molecule has 5 heteroatoms. The second kappa shape index (κ2) is 10.0. The van der Waals surface area contributed by atoms with Crippen LogP contribution in [0.4, 0.5) is 0 Å². The maximum Gasteiger partial charge on any atom is 0.222 e. The molecule has 4 nitrogen and oxygen atoms in total. The van der Waals surface area contributed by atoms with Crippen LogP contribution in [-0.2, 0) is 16.0 Å². The summed E-state index contributed by atoms with van der Waals surface area (Å²) in [7, 11) is 1.59. The van der Waals surface area contributed by atoms with Gasteiger partial charge in [0.1, 0.15) is 0 Å². The van der Waals surface area contributed by atoms with E-state index < -0.39 is 0 Å². The molecule has 1 fully saturated rings. The van der Waals surface area contributed by atoms with E-state index >= 15 is 0 Å². The topological polar surface area (TPSA) is 64.3 Å². The van der Waals surface area contributed by atoms with Gasteiger partial charge in [-0.1, -0.05) is 43.0 Å². The number of nitrogens with one attached hydrogen (secondary N) is 1. The van der Waals surface area contributed by atoms with Crippen LogP contribution in [0.15, 0.2) is 24.3 Å². The lowest BCUT2D eigenvalue weighted by Gasteiger charge is -2.31. The van der Waals surface area contributed by atoms with Gasteiger partial charge in [-0.25, -0.2) is 0 Å². The Bertz CT molecular complexity index is 497. The first-order valence-corrected chi connectivity index (χ1v) is 9.26. The fraction of sp³-hybridized carbons (Fsp3) is 0.632. The fourth-order valence-electron chi connectivity index (χ4n) is 3.48. The first-order chi connectivity index (χ1) is 11.6. The maximum absolute atomic E-state index is 12.4. The molecule has 2 rings (SSSR count). The molecule has 0 radical (unpaired) electrons. The highest BCUT2D eigenvalue weighted by Gasteiger charge is 2.26. The third-order valence-electron chi connectivity index (χ3n) is 4.94. The van der Waals surface area contributed by atoms with Crippen molar-refractivity contribution in [3.05, 3.63) is 34.9 Å². The third kappa shape index (κ3) is 6.08. The highest BCUT2D eigenvalue weighted by Crippen LogP contribution is 2.28. The lowest BCUT2D eigenvalue weighted by molar-refractivity contribution is -0.124. The lowest BCUT2D eigenvalue weighted by atomic mass is 9.81. The van der Waals surface area contributed by atoms with E-state index in [-0.39, 0.29) is 18.1 Å². The summed E-state index contributed by atoms with van der Waals surface area (Å²) in [6.07, 6.45) is 7.11. The van der Waals surface area contributed by atoms with E-state index in [9.17, 15) is 4.79 Å². The summed E-state index contributed by atoms with van der Waals surface area (Å²) in [6.45, 7) is 0.356. The number of carbonyl (C=O) groups is 1. The Kier molecular flexibility index (Phi) is 8.03. The first-order valence-electron chi connectivity index (χ1n) is 8.89. The van der Waals surface area contributed by atoms with E-state index in [2.05, 4.69) is 5.32 Å². The van der Waals surface area contributed by atoms with Gasteiger partial charge < -0.3 is 15.8 Å². The first kappa shape index (κ1) is 19.2. The average molecular weight is 353 g/mol. The molecule has 134 valence electrons. The summed E-state index contributed by atoms with van der Waals surface area (Å²) in [4.78, 5) is 12.4. The predicted octanol–water partition coefficient (Wildman–Crippen LogP) is 3.31. The summed E-state index contributed by atoms with van der Waals surface area (Å²) in [5, 5.41) is 3.98. The monoisotopic (exact) mass is 352 g/mol. The Morgan fingerprint density at radius 2 is 1.96 bits per heavy atom. The SMILES string of the molecule is COC(CN)CC(=O)NC(Cc1ccc(Cl)cc1)C1CCCCC1. The maximum atomic E-state index is 12.4. The van der Waals surface area contributed by atoms with Crippen LogP contribution in [0.3, 0.4) is 0 Å². The molecule has 1 aliphatic carbocycles. The van der Waals surface area contributed by atoms with E-state index in [1.807, 2.05) is 24.3 Å². The summed E-state index contributed by atoms with van der Waals surface area (Å²) < 4.78 is 5.23. The second-order valence-electron chi connectivity index (χ2n) is 6.70. The van der Waals surface area contributed by atoms with Crippen LogP contribution >= 0.6 is 11.6 Å². The molecule has 1 amide bonds. The van der Waals surface area contributed by atoms with Crippen LogP contribution in [-0.4, -0.2) is 31.7 Å². The van der Waals surface area contributed by atoms with Gasteiger partial charge >= 0.3 is 0 Å². The van der Waals surface area contributed by atoms with Gasteiger partial charge in [-0.05, 0) is 42.9 Å². The Balaban J connectivity index is 2.01. The van der Waals surface area contributed by atoms with Crippen molar-refractivity contribution < 1.29 is 9.53 Å². The molecule has 3 N–H and O–H groups in total. The van der Waals surface area contributed by atoms with Crippen molar-refractivity contribution >= 4 is 17.5 Å². The highest BCUT2D eigenvalue weighted by atomic mass is 35.5. The molecular weight excluding hydrogens is 324 g/mol. The number of methoxy groups -OCH3 is 1. The normalized spacial score (nSPS) is 18.1. The predicted molar refractivity (Wildman–Crippen MR) is 98.1 cm³/mol. The fourth-order valence-corrected chi connectivity index (χ4v) is 3.61. The average Bonchev–Trinajstić information content (AvgIpc) is 2.61. The van der Waals surface area contributed by atoms with Crippen LogP contribution in [0.2, 0.25) is 5.02 Å². The Morgan fingerprint density at radius 3 is 2.54 bits per heavy atom. The van der Waals surface area contributed by atoms with Gasteiger partial charge in [0, 0.05) is 24.7 Å². The lowest BCUT2D eigenvalue weighted by Crippen LogP contribution is -2.44. The van der Waals surface area contributed by atoms with Gasteiger partial charge in [-0.2, -0.15) is 0 Å². The van der Waals surface area contributed by atoms with E-state index in [1.165, 1.54) is 37.7 Å². The summed E-state index contributed by atoms with van der Waals surface area (Å²) >= 11 is 5.97. The highest BCUT2D eigenvalue weighted by molar-refractivity contribution is 6.30. The van der Waals surface area contributed by atoms with Crippen LogP contribution < -0.4 is 11.1 Å². The molecule has 0 aromatic heterocycles. The molecule has 1 aromatic rings. The number of ether oxygens (including phenoxy) is 1. The zero-order valence-corrected chi connectivity index (χ0v) is 15.2. The van der Waals surface area contributed by atoms with E-state index in [0.29, 0.717) is 18.9 Å². The van der Waals surface area contributed by atoms with Crippen molar-refractivity contribution in [2.75, 3.05) is 13.7 Å². The molecule has 0 heterocycles. The molecular formula is C19H29ClN2O2. The Morgan fingerprint density at radius 1 is 1.29 bits per heavy atom. The smallest absolute Gasteiger partial charge is 0.222 e. The number of amides is 1. The zero-order valence-electron chi connectivity index (χ0n) is 14.5. The van der Waals surface area contributed by atoms with Crippen LogP contribution in [0.5, 0.6) is 0 Å². The Hall–Kier alpha value is -1.10. The minimum absolute atomic E-state index is 0.0248. The molecule has 2 atom stereocenters. The summed E-state index contributed by atoms with van der Waals surface area (Å²) in [5.74, 6) is 0.564. The molecule has 0 saturated heterocycles. The van der Waals surface area contributed by atoms with E-state index in [4.69, 9.17) is 22.1 Å². The van der Waals surface area contributed by atoms with Gasteiger partial charge in [0.2, 0.25) is 5.91 Å². The molecule has 1 aromatic carbocycles. The van der Waals surface area contributed by atoms with Gasteiger partial charge in [-0.15, -0.1) is 0 Å². The third-order valence-corrected chi connectivity index (χ3v) is 5.20. The van der Waals surface area contributed by atoms with E-state index in [1.54, 1.807) is 7.11 Å².